The number of carbonyl (C=O) groups excluding carboxylic acids is 1. The predicted molar refractivity (Wildman–Crippen MR) is 93.1 cm³/mol. The van der Waals surface area contributed by atoms with E-state index in [1.165, 1.54) is 17.3 Å². The number of aromatic nitrogens is 3. The van der Waals surface area contributed by atoms with Gasteiger partial charge in [-0.1, -0.05) is 42.1 Å². The minimum atomic E-state index is -0.414. The summed E-state index contributed by atoms with van der Waals surface area (Å²) in [7, 11) is 0. The molecule has 6 nitrogen and oxygen atoms in total. The molecule has 0 saturated heterocycles. The minimum Gasteiger partial charge on any atom is -0.368 e. The number of hydrogen-bond acceptors (Lipinski definition) is 5. The van der Waals surface area contributed by atoms with Gasteiger partial charge in [0.2, 0.25) is 11.9 Å². The van der Waals surface area contributed by atoms with Crippen LogP contribution in [0.5, 0.6) is 0 Å². The number of likely N-dealkylation sites (N-methyl/N-ethyl adjacent to an activating group) is 1. The average molecular weight is 333 g/mol. The van der Waals surface area contributed by atoms with Crippen LogP contribution >= 0.6 is 11.8 Å². The first kappa shape index (κ1) is 17.3. The number of anilines is 1. The number of benzene rings is 1. The fraction of sp³-hybridized carbons (Fsp3) is 0.438. The molecule has 0 spiro atoms. The van der Waals surface area contributed by atoms with Crippen LogP contribution in [0.2, 0.25) is 0 Å². The third-order valence-corrected chi connectivity index (χ3v) is 4.74. The monoisotopic (exact) mass is 333 g/mol. The van der Waals surface area contributed by atoms with Crippen LogP contribution in [-0.2, 0) is 10.5 Å². The molecule has 0 bridgehead atoms. The van der Waals surface area contributed by atoms with E-state index in [-0.39, 0.29) is 11.9 Å². The van der Waals surface area contributed by atoms with Crippen LogP contribution in [0.25, 0.3) is 0 Å². The summed E-state index contributed by atoms with van der Waals surface area (Å²) in [5, 5.41) is 8.73. The Balaban J connectivity index is 2.16. The highest BCUT2D eigenvalue weighted by Gasteiger charge is 2.25. The van der Waals surface area contributed by atoms with Gasteiger partial charge in [-0.15, -0.1) is 10.2 Å². The Morgan fingerprint density at radius 3 is 2.52 bits per heavy atom. The highest BCUT2D eigenvalue weighted by molar-refractivity contribution is 7.98. The molecule has 0 saturated carbocycles. The molecular weight excluding hydrogens is 310 g/mol. The third-order valence-electron chi connectivity index (χ3n) is 3.72. The molecule has 2 aromatic rings. The van der Waals surface area contributed by atoms with E-state index in [4.69, 9.17) is 5.73 Å². The minimum absolute atomic E-state index is 0.0306. The second-order valence-electron chi connectivity index (χ2n) is 5.17. The Morgan fingerprint density at radius 1 is 1.26 bits per heavy atom. The summed E-state index contributed by atoms with van der Waals surface area (Å²) >= 11 is 1.53. The van der Waals surface area contributed by atoms with Crippen LogP contribution in [0, 0.1) is 0 Å². The summed E-state index contributed by atoms with van der Waals surface area (Å²) < 4.78 is 1.72. The summed E-state index contributed by atoms with van der Waals surface area (Å²) in [5.41, 5.74) is 7.13. The zero-order valence-corrected chi connectivity index (χ0v) is 14.6. The maximum atomic E-state index is 12.6. The van der Waals surface area contributed by atoms with E-state index in [0.29, 0.717) is 18.2 Å². The van der Waals surface area contributed by atoms with E-state index >= 15 is 0 Å². The maximum Gasteiger partial charge on any atom is 0.245 e. The maximum absolute atomic E-state index is 12.6. The van der Waals surface area contributed by atoms with Crippen LogP contribution in [-0.4, -0.2) is 38.7 Å². The number of amides is 1. The number of nitrogens with zero attached hydrogens (tertiary/aromatic N) is 4. The van der Waals surface area contributed by atoms with Gasteiger partial charge in [-0.3, -0.25) is 9.36 Å². The quantitative estimate of drug-likeness (QED) is 0.788. The molecule has 1 heterocycles. The van der Waals surface area contributed by atoms with E-state index in [1.54, 1.807) is 9.47 Å². The highest BCUT2D eigenvalue weighted by atomic mass is 32.2. The highest BCUT2D eigenvalue weighted by Crippen LogP contribution is 2.26. The van der Waals surface area contributed by atoms with Crippen molar-refractivity contribution in [1.82, 2.24) is 19.7 Å². The van der Waals surface area contributed by atoms with Crippen LogP contribution in [0.3, 0.4) is 0 Å². The van der Waals surface area contributed by atoms with Crippen LogP contribution in [0.4, 0.5) is 5.95 Å². The van der Waals surface area contributed by atoms with E-state index in [2.05, 4.69) is 22.3 Å². The van der Waals surface area contributed by atoms with Crippen LogP contribution in [0.1, 0.15) is 32.4 Å². The fourth-order valence-corrected chi connectivity index (χ4v) is 3.36. The van der Waals surface area contributed by atoms with Crippen molar-refractivity contribution in [2.24, 2.45) is 0 Å². The average Bonchev–Trinajstić information content (AvgIpc) is 2.95. The smallest absolute Gasteiger partial charge is 0.245 e. The first-order valence-corrected chi connectivity index (χ1v) is 8.72. The van der Waals surface area contributed by atoms with Gasteiger partial charge in [0.25, 0.3) is 0 Å². The molecule has 0 aliphatic heterocycles. The molecular formula is C16H23N5OS. The standard InChI is InChI=1S/C16H23N5OS/c1-4-20(5-2)14(22)12(3)21-15(17)18-19-16(21)23-11-13-9-7-6-8-10-13/h6-10,12H,4-5,11H2,1-3H3,(H2,17,18). The van der Waals surface area contributed by atoms with Gasteiger partial charge in [0.15, 0.2) is 5.16 Å². The van der Waals surface area contributed by atoms with Gasteiger partial charge in [0.1, 0.15) is 6.04 Å². The fourth-order valence-electron chi connectivity index (χ4n) is 2.38. The lowest BCUT2D eigenvalue weighted by molar-refractivity contribution is -0.134. The molecule has 2 N–H and O–H groups in total. The van der Waals surface area contributed by atoms with E-state index in [0.717, 1.165) is 5.75 Å². The van der Waals surface area contributed by atoms with Crippen LogP contribution in [0.15, 0.2) is 35.5 Å². The number of hydrogen-bond donors (Lipinski definition) is 1. The number of rotatable bonds is 7. The lowest BCUT2D eigenvalue weighted by Crippen LogP contribution is -2.36. The molecule has 7 heteroatoms. The molecule has 1 atom stereocenters. The Labute approximate surface area is 141 Å². The molecule has 23 heavy (non-hydrogen) atoms. The van der Waals surface area contributed by atoms with Crippen molar-refractivity contribution in [3.63, 3.8) is 0 Å². The SMILES string of the molecule is CCN(CC)C(=O)C(C)n1c(N)nnc1SCc1ccccc1. The number of thioether (sulfide) groups is 1. The van der Waals surface area contributed by atoms with Crippen LogP contribution < -0.4 is 5.73 Å². The molecule has 0 fully saturated rings. The van der Waals surface area contributed by atoms with E-state index in [9.17, 15) is 4.79 Å². The largest absolute Gasteiger partial charge is 0.368 e. The van der Waals surface area contributed by atoms with Gasteiger partial charge in [-0.05, 0) is 26.3 Å². The van der Waals surface area contributed by atoms with Crippen molar-refractivity contribution in [3.8, 4) is 0 Å². The molecule has 0 aliphatic rings. The number of nitrogens with two attached hydrogens (primary N) is 1. The molecule has 124 valence electrons. The lowest BCUT2D eigenvalue weighted by Gasteiger charge is -2.24. The van der Waals surface area contributed by atoms with E-state index in [1.807, 2.05) is 39.0 Å². The van der Waals surface area contributed by atoms with Gasteiger partial charge >= 0.3 is 0 Å². The van der Waals surface area contributed by atoms with Gasteiger partial charge in [-0.2, -0.15) is 0 Å². The Kier molecular flexibility index (Phi) is 6.04. The zero-order valence-electron chi connectivity index (χ0n) is 13.8. The molecule has 0 aliphatic carbocycles. The number of carbonyl (C=O) groups is 1. The van der Waals surface area contributed by atoms with Crippen molar-refractivity contribution < 1.29 is 4.79 Å². The van der Waals surface area contributed by atoms with E-state index < -0.39 is 6.04 Å². The summed E-state index contributed by atoms with van der Waals surface area (Å²) in [6.07, 6.45) is 0. The predicted octanol–water partition coefficient (Wildman–Crippen LogP) is 2.58. The summed E-state index contributed by atoms with van der Waals surface area (Å²) in [4.78, 5) is 14.4. The molecule has 1 amide bonds. The topological polar surface area (TPSA) is 77.0 Å². The lowest BCUT2D eigenvalue weighted by atomic mass is 10.2. The van der Waals surface area contributed by atoms with Crippen molar-refractivity contribution in [3.05, 3.63) is 35.9 Å². The Morgan fingerprint density at radius 2 is 1.91 bits per heavy atom. The second kappa shape index (κ2) is 8.01. The van der Waals surface area contributed by atoms with Crippen molar-refractivity contribution >= 4 is 23.6 Å². The summed E-state index contributed by atoms with van der Waals surface area (Å²) in [6.45, 7) is 7.12. The molecule has 1 unspecified atom stereocenters. The first-order chi connectivity index (χ1) is 11.1. The third kappa shape index (κ3) is 4.04. The van der Waals surface area contributed by atoms with Gasteiger partial charge < -0.3 is 10.6 Å². The number of nitrogen functional groups attached to an aromatic ring is 1. The van der Waals surface area contributed by atoms with Crippen molar-refractivity contribution in [2.45, 2.75) is 37.7 Å². The van der Waals surface area contributed by atoms with Gasteiger partial charge in [0.05, 0.1) is 0 Å². The van der Waals surface area contributed by atoms with Gasteiger partial charge in [0, 0.05) is 18.8 Å². The Bertz CT molecular complexity index is 639. The molecule has 1 aromatic carbocycles. The van der Waals surface area contributed by atoms with Crippen molar-refractivity contribution in [1.29, 1.82) is 0 Å². The Hall–Kier alpha value is -2.02. The van der Waals surface area contributed by atoms with Crippen molar-refractivity contribution in [2.75, 3.05) is 18.8 Å². The summed E-state index contributed by atoms with van der Waals surface area (Å²) in [5.74, 6) is 1.06. The zero-order chi connectivity index (χ0) is 16.8. The molecule has 1 aromatic heterocycles. The normalized spacial score (nSPS) is 12.1. The summed E-state index contributed by atoms with van der Waals surface area (Å²) in [6, 6.07) is 9.69. The first-order valence-electron chi connectivity index (χ1n) is 7.74. The molecule has 0 radical (unpaired) electrons. The van der Waals surface area contributed by atoms with Gasteiger partial charge in [-0.25, -0.2) is 0 Å². The second-order valence-corrected chi connectivity index (χ2v) is 6.11. The molecule has 2 rings (SSSR count).